The van der Waals surface area contributed by atoms with Gasteiger partial charge in [0.25, 0.3) is 0 Å². The Morgan fingerprint density at radius 3 is 2.76 bits per heavy atom. The Bertz CT molecular complexity index is 590. The molecule has 2 aromatic rings. The summed E-state index contributed by atoms with van der Waals surface area (Å²) in [5.41, 5.74) is 0.775. The maximum atomic E-state index is 10.4. The Balaban J connectivity index is 2.62. The Morgan fingerprint density at radius 1 is 1.29 bits per heavy atom. The number of nitro groups is 1. The van der Waals surface area contributed by atoms with E-state index in [1.54, 1.807) is 13.2 Å². The topological polar surface area (TPSA) is 52.4 Å². The van der Waals surface area contributed by atoms with Crippen molar-refractivity contribution in [2.24, 2.45) is 0 Å². The van der Waals surface area contributed by atoms with Gasteiger partial charge in [0.2, 0.25) is 6.20 Å². The van der Waals surface area contributed by atoms with E-state index < -0.39 is 4.92 Å². The molecule has 0 aromatic heterocycles. The summed E-state index contributed by atoms with van der Waals surface area (Å²) in [7, 11) is 1.57. The van der Waals surface area contributed by atoms with Gasteiger partial charge in [-0.05, 0) is 28.5 Å². The fourth-order valence-corrected chi connectivity index (χ4v) is 1.71. The molecule has 2 aromatic carbocycles. The lowest BCUT2D eigenvalue weighted by molar-refractivity contribution is -0.400. The van der Waals surface area contributed by atoms with E-state index in [1.165, 1.54) is 6.08 Å². The molecule has 0 amide bonds. The molecule has 0 radical (unpaired) electrons. The Morgan fingerprint density at radius 2 is 2.06 bits per heavy atom. The fraction of sp³-hybridized carbons (Fsp3) is 0.0769. The van der Waals surface area contributed by atoms with Gasteiger partial charge in [-0.1, -0.05) is 24.3 Å². The minimum atomic E-state index is -0.478. The SMILES string of the molecule is COc1cc(C=C[N+](=O)[O-])c2ccccc2c1. The second kappa shape index (κ2) is 4.65. The molecule has 0 aliphatic carbocycles. The molecular weight excluding hydrogens is 218 g/mol. The van der Waals surface area contributed by atoms with Crippen LogP contribution in [-0.4, -0.2) is 12.0 Å². The molecule has 4 heteroatoms. The van der Waals surface area contributed by atoms with E-state index in [2.05, 4.69) is 0 Å². The van der Waals surface area contributed by atoms with E-state index in [9.17, 15) is 10.1 Å². The third-order valence-electron chi connectivity index (χ3n) is 2.48. The average molecular weight is 229 g/mol. The number of methoxy groups -OCH3 is 1. The number of nitrogens with zero attached hydrogens (tertiary/aromatic N) is 1. The molecule has 4 nitrogen and oxygen atoms in total. The summed E-state index contributed by atoms with van der Waals surface area (Å²) in [4.78, 5) is 9.87. The molecule has 0 aliphatic rings. The van der Waals surface area contributed by atoms with Gasteiger partial charge in [0, 0.05) is 6.08 Å². The predicted molar refractivity (Wildman–Crippen MR) is 66.5 cm³/mol. The second-order valence-electron chi connectivity index (χ2n) is 3.54. The van der Waals surface area contributed by atoms with Crippen LogP contribution < -0.4 is 4.74 Å². The minimum absolute atomic E-state index is 0.478. The summed E-state index contributed by atoms with van der Waals surface area (Å²) in [6.45, 7) is 0. The second-order valence-corrected chi connectivity index (χ2v) is 3.54. The molecule has 0 spiro atoms. The van der Waals surface area contributed by atoms with Crippen LogP contribution in [0.2, 0.25) is 0 Å². The third-order valence-corrected chi connectivity index (χ3v) is 2.48. The monoisotopic (exact) mass is 229 g/mol. The van der Waals surface area contributed by atoms with Gasteiger partial charge in [-0.15, -0.1) is 0 Å². The van der Waals surface area contributed by atoms with Crippen LogP contribution >= 0.6 is 0 Å². The van der Waals surface area contributed by atoms with Crippen molar-refractivity contribution >= 4 is 16.8 Å². The minimum Gasteiger partial charge on any atom is -0.497 e. The van der Waals surface area contributed by atoms with Crippen LogP contribution in [0, 0.1) is 10.1 Å². The van der Waals surface area contributed by atoms with Crippen molar-refractivity contribution < 1.29 is 9.66 Å². The Hall–Kier alpha value is -2.36. The van der Waals surface area contributed by atoms with Crippen molar-refractivity contribution in [2.75, 3.05) is 7.11 Å². The number of ether oxygens (including phenoxy) is 1. The van der Waals surface area contributed by atoms with Crippen LogP contribution in [0.5, 0.6) is 5.75 Å². The summed E-state index contributed by atoms with van der Waals surface area (Å²) in [6.07, 6.45) is 2.41. The standard InChI is InChI=1S/C13H11NO3/c1-17-12-8-10-4-2-3-5-13(10)11(9-12)6-7-14(15)16/h2-9H,1H3. The highest BCUT2D eigenvalue weighted by Gasteiger charge is 2.02. The first-order chi connectivity index (χ1) is 8.20. The average Bonchev–Trinajstić information content (AvgIpc) is 2.35. The summed E-state index contributed by atoms with van der Waals surface area (Å²) in [5.74, 6) is 0.687. The Labute approximate surface area is 98.3 Å². The number of hydrogen-bond donors (Lipinski definition) is 0. The van der Waals surface area contributed by atoms with E-state index in [-0.39, 0.29) is 0 Å². The lowest BCUT2D eigenvalue weighted by atomic mass is 10.0. The molecular formula is C13H11NO3. The summed E-state index contributed by atoms with van der Waals surface area (Å²) in [6, 6.07) is 11.4. The first-order valence-corrected chi connectivity index (χ1v) is 5.09. The molecule has 0 saturated heterocycles. The van der Waals surface area contributed by atoms with Crippen LogP contribution in [0.3, 0.4) is 0 Å². The third kappa shape index (κ3) is 2.42. The van der Waals surface area contributed by atoms with Crippen LogP contribution in [0.15, 0.2) is 42.6 Å². The highest BCUT2D eigenvalue weighted by atomic mass is 16.6. The van der Waals surface area contributed by atoms with Gasteiger partial charge in [0.05, 0.1) is 12.0 Å². The molecule has 0 atom stereocenters. The van der Waals surface area contributed by atoms with Gasteiger partial charge in [-0.25, -0.2) is 0 Å². The highest BCUT2D eigenvalue weighted by molar-refractivity contribution is 5.91. The molecule has 86 valence electrons. The van der Waals surface area contributed by atoms with Crippen molar-refractivity contribution in [3.05, 3.63) is 58.3 Å². The lowest BCUT2D eigenvalue weighted by Crippen LogP contribution is -1.87. The van der Waals surface area contributed by atoms with Gasteiger partial charge in [0.1, 0.15) is 5.75 Å². The van der Waals surface area contributed by atoms with E-state index in [4.69, 9.17) is 4.74 Å². The highest BCUT2D eigenvalue weighted by Crippen LogP contribution is 2.26. The zero-order valence-electron chi connectivity index (χ0n) is 9.29. The molecule has 0 heterocycles. The zero-order valence-corrected chi connectivity index (χ0v) is 9.29. The zero-order chi connectivity index (χ0) is 12.3. The summed E-state index contributed by atoms with van der Waals surface area (Å²) < 4.78 is 5.17. The molecule has 0 N–H and O–H groups in total. The molecule has 17 heavy (non-hydrogen) atoms. The molecule has 0 bridgehead atoms. The quantitative estimate of drug-likeness (QED) is 0.600. The van der Waals surface area contributed by atoms with Crippen molar-refractivity contribution in [1.29, 1.82) is 0 Å². The van der Waals surface area contributed by atoms with Crippen LogP contribution in [0.25, 0.3) is 16.8 Å². The van der Waals surface area contributed by atoms with Gasteiger partial charge in [-0.3, -0.25) is 10.1 Å². The lowest BCUT2D eigenvalue weighted by Gasteiger charge is -2.05. The summed E-state index contributed by atoms with van der Waals surface area (Å²) >= 11 is 0. The maximum Gasteiger partial charge on any atom is 0.235 e. The van der Waals surface area contributed by atoms with Crippen LogP contribution in [0.4, 0.5) is 0 Å². The number of hydrogen-bond acceptors (Lipinski definition) is 3. The van der Waals surface area contributed by atoms with Crippen molar-refractivity contribution in [3.8, 4) is 5.75 Å². The number of benzene rings is 2. The van der Waals surface area contributed by atoms with Gasteiger partial charge >= 0.3 is 0 Å². The first kappa shape index (κ1) is 11.1. The van der Waals surface area contributed by atoms with E-state index in [0.717, 1.165) is 22.5 Å². The molecule has 0 unspecified atom stereocenters. The van der Waals surface area contributed by atoms with Crippen molar-refractivity contribution in [3.63, 3.8) is 0 Å². The fourth-order valence-electron chi connectivity index (χ4n) is 1.71. The normalized spacial score (nSPS) is 10.9. The Kier molecular flexibility index (Phi) is 3.05. The number of rotatable bonds is 3. The summed E-state index contributed by atoms with van der Waals surface area (Å²) in [5, 5.41) is 12.3. The van der Waals surface area contributed by atoms with Crippen molar-refractivity contribution in [2.45, 2.75) is 0 Å². The van der Waals surface area contributed by atoms with Gasteiger partial charge in [0.15, 0.2) is 0 Å². The smallest absolute Gasteiger partial charge is 0.235 e. The molecule has 0 saturated carbocycles. The van der Waals surface area contributed by atoms with Crippen LogP contribution in [0.1, 0.15) is 5.56 Å². The molecule has 2 rings (SSSR count). The predicted octanol–water partition coefficient (Wildman–Crippen LogP) is 3.10. The van der Waals surface area contributed by atoms with Crippen LogP contribution in [-0.2, 0) is 0 Å². The van der Waals surface area contributed by atoms with E-state index in [0.29, 0.717) is 5.75 Å². The molecule has 0 fully saturated rings. The maximum absolute atomic E-state index is 10.4. The van der Waals surface area contributed by atoms with E-state index >= 15 is 0 Å². The van der Waals surface area contributed by atoms with Gasteiger partial charge in [-0.2, -0.15) is 0 Å². The first-order valence-electron chi connectivity index (χ1n) is 5.09. The van der Waals surface area contributed by atoms with E-state index in [1.807, 2.05) is 30.3 Å². The molecule has 0 aliphatic heterocycles. The largest absolute Gasteiger partial charge is 0.497 e. The number of fused-ring (bicyclic) bond motifs is 1. The van der Waals surface area contributed by atoms with Gasteiger partial charge < -0.3 is 4.74 Å². The van der Waals surface area contributed by atoms with Crippen molar-refractivity contribution in [1.82, 2.24) is 0 Å².